The van der Waals surface area contributed by atoms with E-state index >= 15 is 0 Å². The SMILES string of the molecule is C[C@H](NC(=O)c1cccc([N+](=O)[O-])c1)C(=O)Nc1cccc(C(=O)NC2CC2)c1. The summed E-state index contributed by atoms with van der Waals surface area (Å²) in [5, 5.41) is 18.9. The molecule has 0 aliphatic heterocycles. The predicted molar refractivity (Wildman–Crippen MR) is 106 cm³/mol. The van der Waals surface area contributed by atoms with Gasteiger partial charge in [0.15, 0.2) is 0 Å². The van der Waals surface area contributed by atoms with Crippen molar-refractivity contribution in [1.29, 1.82) is 0 Å². The van der Waals surface area contributed by atoms with Crippen LogP contribution in [0.4, 0.5) is 11.4 Å². The van der Waals surface area contributed by atoms with Crippen LogP contribution in [0.2, 0.25) is 0 Å². The third-order valence-corrected chi connectivity index (χ3v) is 4.36. The van der Waals surface area contributed by atoms with Crippen molar-refractivity contribution in [2.45, 2.75) is 31.8 Å². The second kappa shape index (κ2) is 8.51. The molecule has 1 atom stereocenters. The van der Waals surface area contributed by atoms with Crippen LogP contribution in [0.5, 0.6) is 0 Å². The fraction of sp³-hybridized carbons (Fsp3) is 0.250. The van der Waals surface area contributed by atoms with Gasteiger partial charge >= 0.3 is 0 Å². The van der Waals surface area contributed by atoms with Gasteiger partial charge in [0.2, 0.25) is 5.91 Å². The van der Waals surface area contributed by atoms with E-state index in [9.17, 15) is 24.5 Å². The smallest absolute Gasteiger partial charge is 0.270 e. The van der Waals surface area contributed by atoms with Gasteiger partial charge in [0.05, 0.1) is 4.92 Å². The Bertz CT molecular complexity index is 971. The number of benzene rings is 2. The largest absolute Gasteiger partial charge is 0.349 e. The number of anilines is 1. The second-order valence-corrected chi connectivity index (χ2v) is 6.82. The Morgan fingerprint density at radius 1 is 1.03 bits per heavy atom. The lowest BCUT2D eigenvalue weighted by Gasteiger charge is -2.14. The van der Waals surface area contributed by atoms with Crippen molar-refractivity contribution in [2.75, 3.05) is 5.32 Å². The zero-order chi connectivity index (χ0) is 21.0. The summed E-state index contributed by atoms with van der Waals surface area (Å²) in [5.41, 5.74) is 0.728. The molecule has 9 nitrogen and oxygen atoms in total. The summed E-state index contributed by atoms with van der Waals surface area (Å²) in [5.74, 6) is -1.28. The highest BCUT2D eigenvalue weighted by atomic mass is 16.6. The number of amides is 3. The fourth-order valence-corrected chi connectivity index (χ4v) is 2.59. The van der Waals surface area contributed by atoms with E-state index in [4.69, 9.17) is 0 Å². The maximum Gasteiger partial charge on any atom is 0.270 e. The molecular weight excluding hydrogens is 376 g/mol. The van der Waals surface area contributed by atoms with Crippen LogP contribution in [0, 0.1) is 10.1 Å². The number of carbonyl (C=O) groups excluding carboxylic acids is 3. The monoisotopic (exact) mass is 396 g/mol. The van der Waals surface area contributed by atoms with Crippen molar-refractivity contribution >= 4 is 29.1 Å². The lowest BCUT2D eigenvalue weighted by molar-refractivity contribution is -0.384. The van der Waals surface area contributed by atoms with Crippen molar-refractivity contribution in [2.24, 2.45) is 0 Å². The highest BCUT2D eigenvalue weighted by Gasteiger charge is 2.24. The maximum atomic E-state index is 12.4. The first-order chi connectivity index (χ1) is 13.8. The van der Waals surface area contributed by atoms with Gasteiger partial charge in [-0.15, -0.1) is 0 Å². The molecule has 29 heavy (non-hydrogen) atoms. The number of nitrogens with one attached hydrogen (secondary N) is 3. The topological polar surface area (TPSA) is 130 Å². The number of hydrogen-bond acceptors (Lipinski definition) is 5. The van der Waals surface area contributed by atoms with Crippen LogP contribution in [0.15, 0.2) is 48.5 Å². The van der Waals surface area contributed by atoms with E-state index < -0.39 is 22.8 Å². The van der Waals surface area contributed by atoms with Gasteiger partial charge in [-0.2, -0.15) is 0 Å². The Hall–Kier alpha value is -3.75. The maximum absolute atomic E-state index is 12.4. The van der Waals surface area contributed by atoms with Gasteiger partial charge in [-0.3, -0.25) is 24.5 Å². The molecule has 1 aliphatic rings. The summed E-state index contributed by atoms with van der Waals surface area (Å²) in [6.45, 7) is 1.49. The first-order valence-corrected chi connectivity index (χ1v) is 9.10. The molecule has 0 heterocycles. The lowest BCUT2D eigenvalue weighted by Crippen LogP contribution is -2.41. The van der Waals surface area contributed by atoms with Gasteiger partial charge in [0, 0.05) is 35.0 Å². The summed E-state index contributed by atoms with van der Waals surface area (Å²) in [6.07, 6.45) is 1.95. The average molecular weight is 396 g/mol. The van der Waals surface area contributed by atoms with Crippen LogP contribution in [0.1, 0.15) is 40.5 Å². The van der Waals surface area contributed by atoms with Gasteiger partial charge in [-0.25, -0.2) is 0 Å². The van der Waals surface area contributed by atoms with Crippen molar-refractivity contribution in [3.63, 3.8) is 0 Å². The van der Waals surface area contributed by atoms with Gasteiger partial charge < -0.3 is 16.0 Å². The zero-order valence-electron chi connectivity index (χ0n) is 15.7. The minimum atomic E-state index is -0.897. The molecule has 150 valence electrons. The van der Waals surface area contributed by atoms with Crippen LogP contribution >= 0.6 is 0 Å². The van der Waals surface area contributed by atoms with E-state index in [1.54, 1.807) is 24.3 Å². The molecule has 1 saturated carbocycles. The molecular formula is C20H20N4O5. The van der Waals surface area contributed by atoms with Crippen molar-refractivity contribution in [3.05, 3.63) is 69.8 Å². The van der Waals surface area contributed by atoms with Crippen LogP contribution in [-0.4, -0.2) is 34.7 Å². The van der Waals surface area contributed by atoms with Crippen LogP contribution in [0.25, 0.3) is 0 Å². The molecule has 0 radical (unpaired) electrons. The fourth-order valence-electron chi connectivity index (χ4n) is 2.59. The minimum Gasteiger partial charge on any atom is -0.349 e. The molecule has 0 bridgehead atoms. The molecule has 9 heteroatoms. The molecule has 1 aliphatic carbocycles. The van der Waals surface area contributed by atoms with Crippen LogP contribution in [0.3, 0.4) is 0 Å². The highest BCUT2D eigenvalue weighted by molar-refractivity contribution is 6.02. The number of rotatable bonds is 7. The molecule has 0 unspecified atom stereocenters. The van der Waals surface area contributed by atoms with Gasteiger partial charge in [-0.1, -0.05) is 12.1 Å². The number of non-ortho nitro benzene ring substituents is 1. The lowest BCUT2D eigenvalue weighted by atomic mass is 10.1. The van der Waals surface area contributed by atoms with Gasteiger partial charge in [-0.05, 0) is 44.0 Å². The quantitative estimate of drug-likeness (QED) is 0.488. The number of nitro groups is 1. The molecule has 2 aromatic carbocycles. The number of nitrogens with zero attached hydrogens (tertiary/aromatic N) is 1. The molecule has 0 spiro atoms. The Balaban J connectivity index is 1.60. The molecule has 0 saturated heterocycles. The molecule has 2 aromatic rings. The van der Waals surface area contributed by atoms with Crippen molar-refractivity contribution in [1.82, 2.24) is 10.6 Å². The number of hydrogen-bond donors (Lipinski definition) is 3. The predicted octanol–water partition coefficient (Wildman–Crippen LogP) is 2.24. The standard InChI is InChI=1S/C20H20N4O5/c1-12(21-19(26)14-5-3-7-17(11-14)24(28)29)18(25)23-16-6-2-4-13(10-16)20(27)22-15-8-9-15/h2-7,10-12,15H,8-9H2,1H3,(H,21,26)(H,22,27)(H,23,25)/t12-/m0/s1. The third-order valence-electron chi connectivity index (χ3n) is 4.36. The Morgan fingerprint density at radius 2 is 1.69 bits per heavy atom. The van der Waals surface area contributed by atoms with Crippen LogP contribution in [-0.2, 0) is 4.79 Å². The van der Waals surface area contributed by atoms with E-state index in [0.717, 1.165) is 18.9 Å². The highest BCUT2D eigenvalue weighted by Crippen LogP contribution is 2.20. The first kappa shape index (κ1) is 20.0. The molecule has 1 fully saturated rings. The summed E-state index contributed by atoms with van der Waals surface area (Å²) >= 11 is 0. The van der Waals surface area contributed by atoms with E-state index in [0.29, 0.717) is 11.3 Å². The van der Waals surface area contributed by atoms with Gasteiger partial charge in [0.25, 0.3) is 17.5 Å². The van der Waals surface area contributed by atoms with Crippen molar-refractivity contribution < 1.29 is 19.3 Å². The van der Waals surface area contributed by atoms with E-state index in [1.807, 2.05) is 0 Å². The van der Waals surface area contributed by atoms with Gasteiger partial charge in [0.1, 0.15) is 6.04 Å². The average Bonchev–Trinajstić information content (AvgIpc) is 3.52. The summed E-state index contributed by atoms with van der Waals surface area (Å²) in [6, 6.07) is 11.1. The Kier molecular flexibility index (Phi) is 5.87. The Labute approximate surface area is 166 Å². The van der Waals surface area contributed by atoms with E-state index in [1.165, 1.54) is 25.1 Å². The number of carbonyl (C=O) groups is 3. The van der Waals surface area contributed by atoms with Crippen LogP contribution < -0.4 is 16.0 Å². The molecule has 0 aromatic heterocycles. The summed E-state index contributed by atoms with van der Waals surface area (Å²) in [7, 11) is 0. The molecule has 3 rings (SSSR count). The summed E-state index contributed by atoms with van der Waals surface area (Å²) < 4.78 is 0. The third kappa shape index (κ3) is 5.38. The summed E-state index contributed by atoms with van der Waals surface area (Å²) in [4.78, 5) is 47.0. The number of nitro benzene ring substituents is 1. The first-order valence-electron chi connectivity index (χ1n) is 9.10. The van der Waals surface area contributed by atoms with E-state index in [-0.39, 0.29) is 23.2 Å². The van der Waals surface area contributed by atoms with Crippen molar-refractivity contribution in [3.8, 4) is 0 Å². The molecule has 3 amide bonds. The zero-order valence-corrected chi connectivity index (χ0v) is 15.7. The molecule has 3 N–H and O–H groups in total. The Morgan fingerprint density at radius 3 is 2.34 bits per heavy atom. The minimum absolute atomic E-state index is 0.0811. The second-order valence-electron chi connectivity index (χ2n) is 6.82. The van der Waals surface area contributed by atoms with E-state index in [2.05, 4.69) is 16.0 Å². The normalized spacial score (nSPS) is 13.8.